The van der Waals surface area contributed by atoms with Gasteiger partial charge in [0.2, 0.25) is 5.91 Å². The molecular formula is C43H54N4O6. The van der Waals surface area contributed by atoms with Gasteiger partial charge in [0.15, 0.2) is 0 Å². The molecule has 53 heavy (non-hydrogen) atoms. The minimum Gasteiger partial charge on any atom is -0.465 e. The van der Waals surface area contributed by atoms with E-state index in [0.717, 1.165) is 64.7 Å². The Kier molecular flexibility index (Phi) is 12.1. The molecule has 2 aliphatic rings. The zero-order valence-electron chi connectivity index (χ0n) is 31.8. The number of aromatic nitrogens is 1. The summed E-state index contributed by atoms with van der Waals surface area (Å²) >= 11 is 0. The van der Waals surface area contributed by atoms with Gasteiger partial charge in [0.25, 0.3) is 0 Å². The zero-order chi connectivity index (χ0) is 37.5. The van der Waals surface area contributed by atoms with Crippen LogP contribution in [0.3, 0.4) is 0 Å². The van der Waals surface area contributed by atoms with Crippen molar-refractivity contribution in [1.29, 1.82) is 0 Å². The van der Waals surface area contributed by atoms with Gasteiger partial charge in [-0.1, -0.05) is 54.6 Å². The van der Waals surface area contributed by atoms with Crippen molar-refractivity contribution in [1.82, 2.24) is 14.4 Å². The number of nitrogens with one attached hydrogen (secondary N) is 1. The third-order valence-corrected chi connectivity index (χ3v) is 10.1. The number of esters is 1. The number of para-hydroxylation sites is 1. The molecule has 0 spiro atoms. The summed E-state index contributed by atoms with van der Waals surface area (Å²) in [5.74, 6) is -0.722. The lowest BCUT2D eigenvalue weighted by Crippen LogP contribution is -2.51. The molecule has 0 radical (unpaired) electrons. The molecule has 2 fully saturated rings. The van der Waals surface area contributed by atoms with Crippen molar-refractivity contribution in [2.75, 3.05) is 45.3 Å². The molecule has 3 aromatic carbocycles. The van der Waals surface area contributed by atoms with Crippen LogP contribution in [0.15, 0.2) is 79.0 Å². The van der Waals surface area contributed by atoms with E-state index in [0.29, 0.717) is 39.3 Å². The zero-order valence-corrected chi connectivity index (χ0v) is 31.8. The van der Waals surface area contributed by atoms with Crippen LogP contribution in [0.25, 0.3) is 22.0 Å². The number of ether oxygens (including phenoxy) is 3. The van der Waals surface area contributed by atoms with Gasteiger partial charge in [-0.2, -0.15) is 0 Å². The normalized spacial score (nSPS) is 17.4. The number of rotatable bonds is 14. The number of methoxy groups -OCH3 is 1. The monoisotopic (exact) mass is 722 g/mol. The first-order chi connectivity index (χ1) is 25.5. The maximum absolute atomic E-state index is 15.0. The molecule has 0 unspecified atom stereocenters. The van der Waals surface area contributed by atoms with Gasteiger partial charge in [-0.3, -0.25) is 9.59 Å². The molecule has 2 amide bonds. The number of piperidine rings is 1. The third-order valence-electron chi connectivity index (χ3n) is 10.1. The van der Waals surface area contributed by atoms with Gasteiger partial charge in [-0.15, -0.1) is 0 Å². The van der Waals surface area contributed by atoms with Crippen LogP contribution in [0.2, 0.25) is 0 Å². The van der Waals surface area contributed by atoms with Crippen LogP contribution in [0.1, 0.15) is 70.4 Å². The van der Waals surface area contributed by atoms with Crippen LogP contribution in [0.4, 0.5) is 10.5 Å². The number of benzene rings is 3. The Hall–Kier alpha value is -4.83. The molecule has 1 saturated heterocycles. The number of hydrogen-bond acceptors (Lipinski definition) is 7. The van der Waals surface area contributed by atoms with Crippen LogP contribution in [0, 0.1) is 5.92 Å². The average molecular weight is 723 g/mol. The number of fused-ring (bicyclic) bond motifs is 1. The fraction of sp³-hybridized carbons (Fsp3) is 0.465. The first-order valence-electron chi connectivity index (χ1n) is 19.0. The first-order valence-corrected chi connectivity index (χ1v) is 19.0. The molecule has 1 aliphatic heterocycles. The highest BCUT2D eigenvalue weighted by Gasteiger charge is 2.43. The first kappa shape index (κ1) is 37.9. The molecule has 2 atom stereocenters. The van der Waals surface area contributed by atoms with E-state index in [2.05, 4.69) is 69.5 Å². The molecule has 1 saturated carbocycles. The maximum Gasteiger partial charge on any atom is 0.410 e. The Morgan fingerprint density at radius 3 is 2.43 bits per heavy atom. The average Bonchev–Trinajstić information content (AvgIpc) is 3.94. The molecular weight excluding hydrogens is 668 g/mol. The Morgan fingerprint density at radius 2 is 1.72 bits per heavy atom. The van der Waals surface area contributed by atoms with Crippen LogP contribution >= 0.6 is 0 Å². The molecule has 2 heterocycles. The van der Waals surface area contributed by atoms with E-state index in [-0.39, 0.29) is 36.5 Å². The van der Waals surface area contributed by atoms with Gasteiger partial charge >= 0.3 is 12.1 Å². The van der Waals surface area contributed by atoms with Gasteiger partial charge in [-0.05, 0) is 99.7 Å². The van der Waals surface area contributed by atoms with Crippen LogP contribution < -0.4 is 5.32 Å². The molecule has 4 aromatic rings. The van der Waals surface area contributed by atoms with Gasteiger partial charge in [0.05, 0.1) is 12.5 Å². The van der Waals surface area contributed by atoms with E-state index in [9.17, 15) is 9.59 Å². The lowest BCUT2D eigenvalue weighted by Gasteiger charge is -2.40. The lowest BCUT2D eigenvalue weighted by atomic mass is 9.79. The van der Waals surface area contributed by atoms with Crippen molar-refractivity contribution >= 4 is 34.6 Å². The molecule has 0 bridgehead atoms. The highest BCUT2D eigenvalue weighted by Crippen LogP contribution is 2.40. The maximum atomic E-state index is 15.0. The summed E-state index contributed by atoms with van der Waals surface area (Å²) in [4.78, 5) is 44.0. The van der Waals surface area contributed by atoms with Crippen molar-refractivity contribution in [2.24, 2.45) is 5.92 Å². The van der Waals surface area contributed by atoms with E-state index in [1.54, 1.807) is 18.9 Å². The summed E-state index contributed by atoms with van der Waals surface area (Å²) in [5.41, 5.74) is 5.65. The number of anilines is 1. The quantitative estimate of drug-likeness (QED) is 0.105. The van der Waals surface area contributed by atoms with Crippen molar-refractivity contribution in [3.8, 4) is 11.1 Å². The van der Waals surface area contributed by atoms with Crippen molar-refractivity contribution in [2.45, 2.75) is 84.0 Å². The predicted octanol–water partition coefficient (Wildman–Crippen LogP) is 7.85. The van der Waals surface area contributed by atoms with E-state index < -0.39 is 11.5 Å². The number of nitrogens with zero attached hydrogens (tertiary/aromatic N) is 3. The summed E-state index contributed by atoms with van der Waals surface area (Å²) in [6.45, 7) is 10.7. The number of aryl methyl sites for hydroxylation is 1. The highest BCUT2D eigenvalue weighted by atomic mass is 16.6. The highest BCUT2D eigenvalue weighted by molar-refractivity contribution is 5.86. The molecule has 6 rings (SSSR count). The standard InChI is InChI=1S/C43H54N4O6/c1-6-52-40(48)26-44-34-17-15-30(16-18-34)31-11-9-12-32(25-31)36-21-23-46(42(50)53-43(2,3)4)29-38(36)41(49)47(35-19-20-35)28-33-27-45(22-10-24-51-5)39-14-8-7-13-37(33)39/h7-9,11-18,25,27,35-36,38,44H,6,10,19-24,26,28-29H2,1-5H3/t36-,38+/m1/s1. The van der Waals surface area contributed by atoms with E-state index in [1.807, 2.05) is 45.0 Å². The molecule has 282 valence electrons. The summed E-state index contributed by atoms with van der Waals surface area (Å²) in [6, 6.07) is 25.0. The van der Waals surface area contributed by atoms with Crippen LogP contribution in [0.5, 0.6) is 0 Å². The Morgan fingerprint density at radius 1 is 0.943 bits per heavy atom. The van der Waals surface area contributed by atoms with Crippen LogP contribution in [-0.2, 0) is 36.9 Å². The minimum atomic E-state index is -0.636. The van der Waals surface area contributed by atoms with Crippen molar-refractivity contribution in [3.63, 3.8) is 0 Å². The second-order valence-corrected chi connectivity index (χ2v) is 15.2. The van der Waals surface area contributed by atoms with Crippen molar-refractivity contribution < 1.29 is 28.6 Å². The largest absolute Gasteiger partial charge is 0.465 e. The molecule has 10 heteroatoms. The van der Waals surface area contributed by atoms with E-state index in [4.69, 9.17) is 14.2 Å². The molecule has 1 aliphatic carbocycles. The smallest absolute Gasteiger partial charge is 0.410 e. The predicted molar refractivity (Wildman–Crippen MR) is 208 cm³/mol. The summed E-state index contributed by atoms with van der Waals surface area (Å²) in [5, 5.41) is 4.28. The fourth-order valence-electron chi connectivity index (χ4n) is 7.39. The summed E-state index contributed by atoms with van der Waals surface area (Å²) < 4.78 is 18.4. The third kappa shape index (κ3) is 9.59. The van der Waals surface area contributed by atoms with Crippen LogP contribution in [-0.4, -0.2) is 83.9 Å². The number of hydrogen-bond donors (Lipinski definition) is 1. The number of likely N-dealkylation sites (tertiary alicyclic amines) is 1. The summed E-state index contributed by atoms with van der Waals surface area (Å²) in [7, 11) is 1.73. The number of carbonyl (C=O) groups excluding carboxylic acids is 3. The topological polar surface area (TPSA) is 102 Å². The second-order valence-electron chi connectivity index (χ2n) is 15.2. The number of amides is 2. The van der Waals surface area contributed by atoms with Gasteiger partial charge in [-0.25, -0.2) is 4.79 Å². The lowest BCUT2D eigenvalue weighted by molar-refractivity contribution is -0.141. The van der Waals surface area contributed by atoms with Gasteiger partial charge in [0, 0.05) is 68.7 Å². The second kappa shape index (κ2) is 16.9. The Balaban J connectivity index is 1.27. The van der Waals surface area contributed by atoms with Gasteiger partial charge < -0.3 is 33.9 Å². The SMILES string of the molecule is CCOC(=O)CNc1ccc(-c2cccc([C@H]3CCN(C(=O)OC(C)(C)C)C[C@@H]3C(=O)N(Cc3cn(CCCOC)c4ccccc34)C3CC3)c2)cc1. The molecule has 10 nitrogen and oxygen atoms in total. The fourth-order valence-corrected chi connectivity index (χ4v) is 7.39. The summed E-state index contributed by atoms with van der Waals surface area (Å²) in [6.07, 6.45) is 5.33. The van der Waals surface area contributed by atoms with E-state index in [1.165, 1.54) is 0 Å². The van der Waals surface area contributed by atoms with Gasteiger partial charge in [0.1, 0.15) is 12.1 Å². The molecule has 1 N–H and O–H groups in total. The number of carbonyl (C=O) groups is 3. The van der Waals surface area contributed by atoms with E-state index >= 15 is 4.79 Å². The Labute approximate surface area is 313 Å². The minimum absolute atomic E-state index is 0.0803. The van der Waals surface area contributed by atoms with Crippen molar-refractivity contribution in [3.05, 3.63) is 90.1 Å². The molecule has 1 aromatic heterocycles. The Bertz CT molecular complexity index is 1880.